The van der Waals surface area contributed by atoms with Crippen molar-refractivity contribution in [3.05, 3.63) is 40.5 Å². The average Bonchev–Trinajstić information content (AvgIpc) is 2.25. The molecule has 0 amide bonds. The fraction of sp³-hybridized carbons (Fsp3) is 0.556. The van der Waals surface area contributed by atoms with Crippen LogP contribution < -0.4 is 4.90 Å². The number of nitrogens with zero attached hydrogens (tertiary/aromatic N) is 1. The van der Waals surface area contributed by atoms with Crippen LogP contribution in [-0.2, 0) is 0 Å². The fourth-order valence-electron chi connectivity index (χ4n) is 2.28. The topological polar surface area (TPSA) is 3.24 Å². The lowest BCUT2D eigenvalue weighted by molar-refractivity contribution is 0.515. The molecule has 1 aromatic rings. The molecule has 0 aliphatic rings. The van der Waals surface area contributed by atoms with Crippen LogP contribution in [0.25, 0.3) is 0 Å². The Hall–Kier alpha value is -1.24. The Morgan fingerprint density at radius 3 is 1.84 bits per heavy atom. The summed E-state index contributed by atoms with van der Waals surface area (Å²) in [6.07, 6.45) is 0. The highest BCUT2D eigenvalue weighted by molar-refractivity contribution is 5.61. The number of allylic oxidation sites excluding steroid dienone is 1. The zero-order chi connectivity index (χ0) is 14.8. The molecule has 0 saturated carbocycles. The molecule has 0 aliphatic heterocycles. The van der Waals surface area contributed by atoms with Gasteiger partial charge in [-0.15, -0.1) is 0 Å². The molecular weight excluding hydrogens is 230 g/mol. The number of aryl methyl sites for hydroxylation is 2. The van der Waals surface area contributed by atoms with E-state index in [2.05, 4.69) is 78.5 Å². The van der Waals surface area contributed by atoms with Gasteiger partial charge in [0.15, 0.2) is 0 Å². The molecule has 1 rings (SSSR count). The van der Waals surface area contributed by atoms with Gasteiger partial charge in [-0.3, -0.25) is 0 Å². The van der Waals surface area contributed by atoms with E-state index in [1.165, 1.54) is 28.0 Å². The molecule has 1 heteroatoms. The first-order chi connectivity index (χ1) is 8.64. The summed E-state index contributed by atoms with van der Waals surface area (Å²) in [5.74, 6) is 0. The maximum atomic E-state index is 2.53. The van der Waals surface area contributed by atoms with Crippen LogP contribution in [-0.4, -0.2) is 12.1 Å². The first-order valence-corrected chi connectivity index (χ1v) is 7.11. The third-order valence-electron chi connectivity index (χ3n) is 3.77. The highest BCUT2D eigenvalue weighted by Gasteiger charge is 2.24. The molecule has 0 spiro atoms. The molecular formula is C18H29N. The van der Waals surface area contributed by atoms with E-state index >= 15 is 0 Å². The molecule has 0 N–H and O–H groups in total. The van der Waals surface area contributed by atoms with Gasteiger partial charge in [-0.1, -0.05) is 29.3 Å². The van der Waals surface area contributed by atoms with Gasteiger partial charge < -0.3 is 4.90 Å². The third kappa shape index (κ3) is 3.86. The second kappa shape index (κ2) is 5.81. The summed E-state index contributed by atoms with van der Waals surface area (Å²) in [6.45, 7) is 18.9. The molecule has 0 fully saturated rings. The fourth-order valence-corrected chi connectivity index (χ4v) is 2.28. The molecule has 0 atom stereocenters. The summed E-state index contributed by atoms with van der Waals surface area (Å²) >= 11 is 0. The predicted molar refractivity (Wildman–Crippen MR) is 87.1 cm³/mol. The third-order valence-corrected chi connectivity index (χ3v) is 3.77. The highest BCUT2D eigenvalue weighted by atomic mass is 15.2. The monoisotopic (exact) mass is 259 g/mol. The Morgan fingerprint density at radius 2 is 1.47 bits per heavy atom. The van der Waals surface area contributed by atoms with Gasteiger partial charge in [0.1, 0.15) is 0 Å². The number of benzene rings is 1. The quantitative estimate of drug-likeness (QED) is 0.669. The maximum absolute atomic E-state index is 2.53. The summed E-state index contributed by atoms with van der Waals surface area (Å²) < 4.78 is 0. The van der Waals surface area contributed by atoms with E-state index in [0.717, 1.165) is 6.54 Å². The first-order valence-electron chi connectivity index (χ1n) is 7.11. The number of rotatable bonds is 3. The molecule has 0 aromatic heterocycles. The Bertz CT molecular complexity index is 451. The van der Waals surface area contributed by atoms with Crippen LogP contribution in [0, 0.1) is 13.8 Å². The van der Waals surface area contributed by atoms with Crippen LogP contribution >= 0.6 is 0 Å². The van der Waals surface area contributed by atoms with Crippen LogP contribution in [0.1, 0.15) is 52.7 Å². The molecule has 0 unspecified atom stereocenters. The minimum absolute atomic E-state index is 0.119. The molecule has 0 aliphatic carbocycles. The second-order valence-electron chi connectivity index (χ2n) is 6.78. The van der Waals surface area contributed by atoms with Crippen molar-refractivity contribution >= 4 is 5.69 Å². The Kier molecular flexibility index (Phi) is 4.84. The summed E-state index contributed by atoms with van der Waals surface area (Å²) in [5.41, 5.74) is 7.09. The second-order valence-corrected chi connectivity index (χ2v) is 6.78. The van der Waals surface area contributed by atoms with Gasteiger partial charge in [0.2, 0.25) is 0 Å². The Labute approximate surface area is 119 Å². The predicted octanol–water partition coefficient (Wildman–Crippen LogP) is 5.26. The molecule has 1 aromatic carbocycles. The van der Waals surface area contributed by atoms with Gasteiger partial charge >= 0.3 is 0 Å². The van der Waals surface area contributed by atoms with Gasteiger partial charge in [0.25, 0.3) is 0 Å². The van der Waals surface area contributed by atoms with Crippen molar-refractivity contribution in [2.45, 2.75) is 60.9 Å². The summed E-state index contributed by atoms with van der Waals surface area (Å²) in [7, 11) is 0. The van der Waals surface area contributed by atoms with Gasteiger partial charge in [-0.05, 0) is 66.5 Å². The zero-order valence-corrected chi connectivity index (χ0v) is 13.9. The largest absolute Gasteiger partial charge is 0.362 e. The molecule has 0 saturated heterocycles. The van der Waals surface area contributed by atoms with E-state index in [0.29, 0.717) is 0 Å². The lowest BCUT2D eigenvalue weighted by Gasteiger charge is -2.40. The van der Waals surface area contributed by atoms with Gasteiger partial charge in [0.05, 0.1) is 0 Å². The molecule has 0 radical (unpaired) electrons. The van der Waals surface area contributed by atoms with Crippen LogP contribution in [0.2, 0.25) is 0 Å². The van der Waals surface area contributed by atoms with Crippen molar-refractivity contribution in [2.24, 2.45) is 0 Å². The van der Waals surface area contributed by atoms with Gasteiger partial charge in [-0.25, -0.2) is 0 Å². The van der Waals surface area contributed by atoms with Crippen molar-refractivity contribution in [1.82, 2.24) is 0 Å². The SMILES string of the molecule is CC(C)=C(C)CN(c1c(C)cccc1C)C(C)(C)C. The van der Waals surface area contributed by atoms with Crippen LogP contribution in [0.5, 0.6) is 0 Å². The lowest BCUT2D eigenvalue weighted by Crippen LogP contribution is -2.43. The summed E-state index contributed by atoms with van der Waals surface area (Å²) in [4.78, 5) is 2.53. The molecule has 106 valence electrons. The number of hydrogen-bond acceptors (Lipinski definition) is 1. The van der Waals surface area contributed by atoms with Crippen molar-refractivity contribution in [3.63, 3.8) is 0 Å². The van der Waals surface area contributed by atoms with Crippen LogP contribution in [0.15, 0.2) is 29.3 Å². The minimum Gasteiger partial charge on any atom is -0.362 e. The highest BCUT2D eigenvalue weighted by Crippen LogP contribution is 2.31. The molecule has 0 bridgehead atoms. The van der Waals surface area contributed by atoms with Crippen molar-refractivity contribution in [3.8, 4) is 0 Å². The maximum Gasteiger partial charge on any atom is 0.0432 e. The van der Waals surface area contributed by atoms with Gasteiger partial charge in [0, 0.05) is 17.8 Å². The zero-order valence-electron chi connectivity index (χ0n) is 13.9. The lowest BCUT2D eigenvalue weighted by atomic mass is 9.98. The number of para-hydroxylation sites is 1. The Balaban J connectivity index is 3.30. The number of anilines is 1. The summed E-state index contributed by atoms with van der Waals surface area (Å²) in [6, 6.07) is 6.56. The van der Waals surface area contributed by atoms with Crippen molar-refractivity contribution < 1.29 is 0 Å². The van der Waals surface area contributed by atoms with E-state index in [4.69, 9.17) is 0 Å². The Morgan fingerprint density at radius 1 is 1.00 bits per heavy atom. The normalized spacial score (nSPS) is 11.4. The molecule has 19 heavy (non-hydrogen) atoms. The van der Waals surface area contributed by atoms with Gasteiger partial charge in [-0.2, -0.15) is 0 Å². The van der Waals surface area contributed by atoms with E-state index in [9.17, 15) is 0 Å². The smallest absolute Gasteiger partial charge is 0.0432 e. The van der Waals surface area contributed by atoms with E-state index < -0.39 is 0 Å². The summed E-state index contributed by atoms with van der Waals surface area (Å²) in [5, 5.41) is 0. The number of hydrogen-bond donors (Lipinski definition) is 0. The average molecular weight is 259 g/mol. The molecule has 1 nitrogen and oxygen atoms in total. The van der Waals surface area contributed by atoms with E-state index in [1.807, 2.05) is 0 Å². The van der Waals surface area contributed by atoms with Crippen LogP contribution in [0.3, 0.4) is 0 Å². The van der Waals surface area contributed by atoms with Crippen molar-refractivity contribution in [2.75, 3.05) is 11.4 Å². The van der Waals surface area contributed by atoms with Crippen LogP contribution in [0.4, 0.5) is 5.69 Å². The first kappa shape index (κ1) is 15.8. The minimum atomic E-state index is 0.119. The van der Waals surface area contributed by atoms with Crippen molar-refractivity contribution in [1.29, 1.82) is 0 Å². The molecule has 0 heterocycles. The van der Waals surface area contributed by atoms with E-state index in [1.54, 1.807) is 0 Å². The van der Waals surface area contributed by atoms with E-state index in [-0.39, 0.29) is 5.54 Å². The standard InChI is InChI=1S/C18H29N/c1-13(2)16(5)12-19(18(6,7)8)17-14(3)10-9-11-15(17)4/h9-11H,12H2,1-8H3.